The molecule has 1 aromatic carbocycles. The van der Waals surface area contributed by atoms with Crippen molar-refractivity contribution in [1.82, 2.24) is 25.0 Å². The molecule has 1 aliphatic heterocycles. The normalized spacial score (nSPS) is 15.5. The minimum absolute atomic E-state index is 0.0742. The van der Waals surface area contributed by atoms with Crippen LogP contribution >= 0.6 is 0 Å². The lowest BCUT2D eigenvalue weighted by atomic mass is 9.91. The average Bonchev–Trinajstić information content (AvgIpc) is 3.12. The van der Waals surface area contributed by atoms with Crippen molar-refractivity contribution in [1.29, 1.82) is 0 Å². The van der Waals surface area contributed by atoms with Crippen LogP contribution in [0.15, 0.2) is 53.4 Å². The maximum Gasteiger partial charge on any atom is 0.233 e. The van der Waals surface area contributed by atoms with Gasteiger partial charge in [-0.15, -0.1) is 0 Å². The summed E-state index contributed by atoms with van der Waals surface area (Å²) in [6.07, 6.45) is 5.55. The Balaban J connectivity index is 1.41. The van der Waals surface area contributed by atoms with Gasteiger partial charge in [0.2, 0.25) is 17.6 Å². The zero-order valence-electron chi connectivity index (χ0n) is 14.4. The Morgan fingerprint density at radius 2 is 2.08 bits per heavy atom. The van der Waals surface area contributed by atoms with Gasteiger partial charge in [0.15, 0.2) is 0 Å². The van der Waals surface area contributed by atoms with Gasteiger partial charge in [-0.05, 0) is 12.0 Å². The molecule has 26 heavy (non-hydrogen) atoms. The molecule has 1 amide bonds. The van der Waals surface area contributed by atoms with E-state index in [1.54, 1.807) is 18.6 Å². The molecule has 1 saturated heterocycles. The zero-order chi connectivity index (χ0) is 17.9. The minimum Gasteiger partial charge on any atom is -0.340 e. The number of likely N-dealkylation sites (tertiary alicyclic amines) is 1. The summed E-state index contributed by atoms with van der Waals surface area (Å²) in [5.74, 6) is 1.10. The quantitative estimate of drug-likeness (QED) is 0.704. The molecule has 7 nitrogen and oxygen atoms in total. The van der Waals surface area contributed by atoms with Crippen molar-refractivity contribution in [2.75, 3.05) is 13.1 Å². The van der Waals surface area contributed by atoms with E-state index < -0.39 is 0 Å². The fourth-order valence-electron chi connectivity index (χ4n) is 3.19. The van der Waals surface area contributed by atoms with E-state index in [2.05, 4.69) is 20.1 Å². The van der Waals surface area contributed by atoms with Crippen LogP contribution in [0.2, 0.25) is 0 Å². The topological polar surface area (TPSA) is 85.0 Å². The zero-order valence-corrected chi connectivity index (χ0v) is 14.4. The smallest absolute Gasteiger partial charge is 0.233 e. The number of hydrogen-bond donors (Lipinski definition) is 0. The van der Waals surface area contributed by atoms with Crippen molar-refractivity contribution < 1.29 is 9.32 Å². The molecule has 4 rings (SSSR count). The Morgan fingerprint density at radius 1 is 1.27 bits per heavy atom. The summed E-state index contributed by atoms with van der Waals surface area (Å²) >= 11 is 0. The molecule has 132 valence electrons. The molecule has 0 unspecified atom stereocenters. The summed E-state index contributed by atoms with van der Waals surface area (Å²) in [6.45, 7) is 3.24. The number of carbonyl (C=O) groups excluding carboxylic acids is 1. The van der Waals surface area contributed by atoms with Gasteiger partial charge >= 0.3 is 0 Å². The summed E-state index contributed by atoms with van der Waals surface area (Å²) in [5.41, 5.74) is 1.64. The number of hydrogen-bond acceptors (Lipinski definition) is 6. The van der Waals surface area contributed by atoms with Gasteiger partial charge in [-0.25, -0.2) is 4.98 Å². The third-order valence-electron chi connectivity index (χ3n) is 4.68. The second kappa shape index (κ2) is 7.03. The first-order chi connectivity index (χ1) is 12.8. The van der Waals surface area contributed by atoms with Crippen LogP contribution in [-0.2, 0) is 4.79 Å². The van der Waals surface area contributed by atoms with E-state index in [0.717, 1.165) is 12.0 Å². The molecule has 0 saturated carbocycles. The molecule has 0 N–H and O–H groups in total. The second-order valence-electron chi connectivity index (χ2n) is 6.36. The van der Waals surface area contributed by atoms with Crippen molar-refractivity contribution >= 4 is 5.91 Å². The molecule has 0 radical (unpaired) electrons. The average molecular weight is 349 g/mol. The number of benzene rings is 1. The fourth-order valence-corrected chi connectivity index (χ4v) is 3.19. The molecule has 1 atom stereocenters. The Kier molecular flexibility index (Phi) is 4.43. The lowest BCUT2D eigenvalue weighted by molar-refractivity contribution is -0.137. The molecule has 3 heterocycles. The maximum absolute atomic E-state index is 12.8. The highest BCUT2D eigenvalue weighted by Gasteiger charge is 2.38. The number of carbonyl (C=O) groups is 1. The highest BCUT2D eigenvalue weighted by molar-refractivity contribution is 5.84. The first kappa shape index (κ1) is 16.4. The van der Waals surface area contributed by atoms with Crippen molar-refractivity contribution in [3.8, 4) is 11.5 Å². The van der Waals surface area contributed by atoms with Crippen LogP contribution in [0.4, 0.5) is 0 Å². The summed E-state index contributed by atoms with van der Waals surface area (Å²) < 4.78 is 5.36. The maximum atomic E-state index is 12.8. The molecule has 0 bridgehead atoms. The van der Waals surface area contributed by atoms with Crippen molar-refractivity contribution in [3.05, 3.63) is 60.4 Å². The van der Waals surface area contributed by atoms with Gasteiger partial charge in [0.25, 0.3) is 0 Å². The molecular weight excluding hydrogens is 330 g/mol. The van der Waals surface area contributed by atoms with E-state index in [1.807, 2.05) is 42.2 Å². The minimum atomic E-state index is -0.102. The molecule has 3 aromatic rings. The third-order valence-corrected chi connectivity index (χ3v) is 4.68. The Labute approximate surface area is 151 Å². The molecule has 7 heteroatoms. The van der Waals surface area contributed by atoms with Crippen molar-refractivity contribution in [2.24, 2.45) is 0 Å². The number of rotatable bonds is 5. The van der Waals surface area contributed by atoms with Crippen LogP contribution in [0.3, 0.4) is 0 Å². The summed E-state index contributed by atoms with van der Waals surface area (Å²) in [6, 6.07) is 9.92. The van der Waals surface area contributed by atoms with Crippen LogP contribution in [0, 0.1) is 0 Å². The van der Waals surface area contributed by atoms with Gasteiger partial charge < -0.3 is 9.42 Å². The van der Waals surface area contributed by atoms with Crippen LogP contribution < -0.4 is 0 Å². The van der Waals surface area contributed by atoms with Gasteiger partial charge in [0.1, 0.15) is 5.69 Å². The van der Waals surface area contributed by atoms with Crippen LogP contribution in [-0.4, -0.2) is 44.0 Å². The Morgan fingerprint density at radius 3 is 2.77 bits per heavy atom. The van der Waals surface area contributed by atoms with E-state index in [-0.39, 0.29) is 17.7 Å². The summed E-state index contributed by atoms with van der Waals surface area (Å²) in [4.78, 5) is 27.2. The van der Waals surface area contributed by atoms with Crippen LogP contribution in [0.1, 0.15) is 36.6 Å². The summed E-state index contributed by atoms with van der Waals surface area (Å²) in [7, 11) is 0. The number of aromatic nitrogens is 4. The third kappa shape index (κ3) is 3.08. The van der Waals surface area contributed by atoms with E-state index in [0.29, 0.717) is 30.5 Å². The monoisotopic (exact) mass is 349 g/mol. The highest BCUT2D eigenvalue weighted by Crippen LogP contribution is 2.31. The van der Waals surface area contributed by atoms with Crippen molar-refractivity contribution in [3.63, 3.8) is 0 Å². The van der Waals surface area contributed by atoms with Gasteiger partial charge in [-0.2, -0.15) is 4.98 Å². The molecule has 2 aromatic heterocycles. The molecular formula is C19H19N5O2. The first-order valence-corrected chi connectivity index (χ1v) is 8.70. The summed E-state index contributed by atoms with van der Waals surface area (Å²) in [5, 5.41) is 3.97. The van der Waals surface area contributed by atoms with Gasteiger partial charge in [-0.3, -0.25) is 9.78 Å². The first-order valence-electron chi connectivity index (χ1n) is 8.70. The van der Waals surface area contributed by atoms with E-state index >= 15 is 0 Å². The van der Waals surface area contributed by atoms with Gasteiger partial charge in [-0.1, -0.05) is 42.4 Å². The standard InChI is InChI=1S/C19H19N5O2/c1-2-15(13-6-4-3-5-7-13)19(25)24-11-14(12-24)18-22-17(23-26-18)16-10-20-8-9-21-16/h3-10,14-15H,2,11-12H2,1H3/t15-/m0/s1. The molecule has 0 spiro atoms. The van der Waals surface area contributed by atoms with E-state index in [4.69, 9.17) is 4.52 Å². The Bertz CT molecular complexity index is 875. The molecule has 1 aliphatic rings. The molecule has 0 aliphatic carbocycles. The molecule has 1 fully saturated rings. The van der Waals surface area contributed by atoms with Crippen LogP contribution in [0.25, 0.3) is 11.5 Å². The fraction of sp³-hybridized carbons (Fsp3) is 0.316. The lowest BCUT2D eigenvalue weighted by Gasteiger charge is -2.39. The predicted octanol–water partition coefficient (Wildman–Crippen LogP) is 2.65. The Hall–Kier alpha value is -3.09. The van der Waals surface area contributed by atoms with Crippen molar-refractivity contribution in [2.45, 2.75) is 25.2 Å². The van der Waals surface area contributed by atoms with Gasteiger partial charge in [0.05, 0.1) is 18.0 Å². The van der Waals surface area contributed by atoms with Crippen LogP contribution in [0.5, 0.6) is 0 Å². The highest BCUT2D eigenvalue weighted by atomic mass is 16.5. The van der Waals surface area contributed by atoms with E-state index in [9.17, 15) is 4.79 Å². The SMILES string of the molecule is CC[C@H](C(=O)N1CC(c2nc(-c3cnccn3)no2)C1)c1ccccc1. The number of amides is 1. The van der Waals surface area contributed by atoms with Gasteiger partial charge in [0, 0.05) is 25.5 Å². The largest absolute Gasteiger partial charge is 0.340 e. The lowest BCUT2D eigenvalue weighted by Crippen LogP contribution is -2.50. The van der Waals surface area contributed by atoms with E-state index in [1.165, 1.54) is 0 Å². The second-order valence-corrected chi connectivity index (χ2v) is 6.36. The predicted molar refractivity (Wildman–Crippen MR) is 94.1 cm³/mol. The number of nitrogens with zero attached hydrogens (tertiary/aromatic N) is 5.